The van der Waals surface area contributed by atoms with E-state index in [2.05, 4.69) is 10.6 Å². The molecule has 3 aromatic carbocycles. The fraction of sp³-hybridized carbons (Fsp3) is 0.217. The number of carbonyl (C=O) groups is 2. The predicted molar refractivity (Wildman–Crippen MR) is 122 cm³/mol. The lowest BCUT2D eigenvalue weighted by Gasteiger charge is -2.23. The molecule has 1 aliphatic heterocycles. The maximum atomic E-state index is 13.3. The van der Waals surface area contributed by atoms with Gasteiger partial charge in [0.25, 0.3) is 0 Å². The Labute approximate surface area is 185 Å². The van der Waals surface area contributed by atoms with Crippen LogP contribution in [0.2, 0.25) is 0 Å². The van der Waals surface area contributed by atoms with Crippen molar-refractivity contribution >= 4 is 44.0 Å². The van der Waals surface area contributed by atoms with Gasteiger partial charge in [-0.3, -0.25) is 9.59 Å². The number of β-amino-alcohol motifs (C(OH)–C–C–N with tert-alkyl or cyclic N) is 1. The zero-order valence-corrected chi connectivity index (χ0v) is 18.2. The summed E-state index contributed by atoms with van der Waals surface area (Å²) >= 11 is 0. The van der Waals surface area contributed by atoms with Crippen LogP contribution in [-0.4, -0.2) is 48.3 Å². The fourth-order valence-corrected chi connectivity index (χ4v) is 5.49. The minimum absolute atomic E-state index is 0.00260. The summed E-state index contributed by atoms with van der Waals surface area (Å²) < 4.78 is 27.7. The van der Waals surface area contributed by atoms with Crippen LogP contribution in [0, 0.1) is 0 Å². The van der Waals surface area contributed by atoms with Crippen molar-refractivity contribution in [2.24, 2.45) is 0 Å². The molecule has 1 saturated heterocycles. The maximum Gasteiger partial charge on any atom is 0.243 e. The lowest BCUT2D eigenvalue weighted by molar-refractivity contribution is -0.119. The van der Waals surface area contributed by atoms with E-state index in [1.54, 1.807) is 36.4 Å². The number of carbonyl (C=O) groups excluding carboxylic acids is 2. The number of aliphatic hydroxyl groups excluding tert-OH is 1. The Morgan fingerprint density at radius 2 is 1.56 bits per heavy atom. The van der Waals surface area contributed by atoms with Crippen LogP contribution in [0.1, 0.15) is 13.3 Å². The summed E-state index contributed by atoms with van der Waals surface area (Å²) in [6, 6.07) is 17.6. The van der Waals surface area contributed by atoms with Gasteiger partial charge < -0.3 is 15.7 Å². The van der Waals surface area contributed by atoms with Gasteiger partial charge in [-0.2, -0.15) is 4.31 Å². The lowest BCUT2D eigenvalue weighted by atomic mass is 10.1. The Hall–Kier alpha value is -3.27. The number of anilines is 2. The van der Waals surface area contributed by atoms with Crippen molar-refractivity contribution in [3.63, 3.8) is 0 Å². The molecule has 1 aliphatic rings. The highest BCUT2D eigenvalue weighted by molar-refractivity contribution is 7.89. The highest BCUT2D eigenvalue weighted by atomic mass is 32.2. The van der Waals surface area contributed by atoms with Gasteiger partial charge in [-0.1, -0.05) is 30.3 Å². The van der Waals surface area contributed by atoms with Gasteiger partial charge in [0.05, 0.1) is 11.0 Å². The van der Waals surface area contributed by atoms with Gasteiger partial charge in [-0.25, -0.2) is 8.42 Å². The van der Waals surface area contributed by atoms with Crippen LogP contribution < -0.4 is 10.6 Å². The van der Waals surface area contributed by atoms with E-state index < -0.39 is 28.1 Å². The van der Waals surface area contributed by atoms with Crippen LogP contribution in [0.3, 0.4) is 0 Å². The molecule has 0 aromatic heterocycles. The Balaban J connectivity index is 1.56. The summed E-state index contributed by atoms with van der Waals surface area (Å²) in [5.41, 5.74) is 1.03. The molecule has 1 fully saturated rings. The molecule has 3 N–H and O–H groups in total. The summed E-state index contributed by atoms with van der Waals surface area (Å²) in [6.45, 7) is 1.24. The first-order chi connectivity index (χ1) is 15.2. The third kappa shape index (κ3) is 4.50. The van der Waals surface area contributed by atoms with E-state index in [9.17, 15) is 23.1 Å². The summed E-state index contributed by atoms with van der Waals surface area (Å²) in [5, 5.41) is 17.2. The van der Waals surface area contributed by atoms with Gasteiger partial charge in [-0.15, -0.1) is 0 Å². The second-order valence-electron chi connectivity index (χ2n) is 7.74. The van der Waals surface area contributed by atoms with Crippen molar-refractivity contribution in [2.45, 2.75) is 30.4 Å². The number of hydrogen-bond acceptors (Lipinski definition) is 5. The molecule has 0 bridgehead atoms. The number of benzene rings is 3. The van der Waals surface area contributed by atoms with E-state index in [-0.39, 0.29) is 23.8 Å². The molecule has 0 unspecified atom stereocenters. The molecule has 0 spiro atoms. The number of aliphatic hydroxyl groups is 1. The smallest absolute Gasteiger partial charge is 0.243 e. The van der Waals surface area contributed by atoms with Gasteiger partial charge in [-0.05, 0) is 47.2 Å². The number of fused-ring (bicyclic) bond motifs is 1. The van der Waals surface area contributed by atoms with Crippen LogP contribution in [0.4, 0.5) is 11.4 Å². The molecular formula is C23H23N3O5S. The molecule has 3 aromatic rings. The number of nitrogens with zero attached hydrogens (tertiary/aromatic N) is 1. The average Bonchev–Trinajstić information content (AvgIpc) is 3.17. The first-order valence-corrected chi connectivity index (χ1v) is 11.6. The topological polar surface area (TPSA) is 116 Å². The fourth-order valence-electron chi connectivity index (χ4n) is 3.82. The summed E-state index contributed by atoms with van der Waals surface area (Å²) in [5.74, 6) is -0.741. The van der Waals surface area contributed by atoms with Crippen LogP contribution in [-0.2, 0) is 19.6 Å². The van der Waals surface area contributed by atoms with E-state index >= 15 is 0 Å². The van der Waals surface area contributed by atoms with Crippen molar-refractivity contribution in [1.82, 2.24) is 4.31 Å². The normalized spacial score (nSPS) is 19.1. The minimum Gasteiger partial charge on any atom is -0.392 e. The standard InChI is InChI=1S/C23H23N3O5S/c1-15(27)24-18-7-9-19(10-8-18)25-23(29)22-13-20(28)14-26(22)32(30,31)21-11-6-16-4-2-3-5-17(16)12-21/h2-12,20,22,28H,13-14H2,1H3,(H,24,27)(H,25,29)/t20-,22-/m1/s1. The molecule has 166 valence electrons. The molecule has 4 rings (SSSR count). The monoisotopic (exact) mass is 453 g/mol. The molecule has 0 aliphatic carbocycles. The number of nitrogens with one attached hydrogen (secondary N) is 2. The lowest BCUT2D eigenvalue weighted by Crippen LogP contribution is -2.43. The molecule has 2 atom stereocenters. The number of rotatable bonds is 5. The molecule has 2 amide bonds. The van der Waals surface area contributed by atoms with E-state index in [0.29, 0.717) is 11.4 Å². The Bertz CT molecular complexity index is 1270. The first-order valence-electron chi connectivity index (χ1n) is 10.1. The summed E-state index contributed by atoms with van der Waals surface area (Å²) in [7, 11) is -4.00. The molecule has 0 saturated carbocycles. The second kappa shape index (κ2) is 8.70. The first kappa shape index (κ1) is 21.9. The highest BCUT2D eigenvalue weighted by Gasteiger charge is 2.43. The SMILES string of the molecule is CC(=O)Nc1ccc(NC(=O)[C@H]2C[C@@H](O)CN2S(=O)(=O)c2ccc3ccccc3c2)cc1. The van der Waals surface area contributed by atoms with E-state index in [1.165, 1.54) is 13.0 Å². The van der Waals surface area contributed by atoms with Crippen LogP contribution in [0.5, 0.6) is 0 Å². The highest BCUT2D eigenvalue weighted by Crippen LogP contribution is 2.29. The molecule has 8 nitrogen and oxygen atoms in total. The van der Waals surface area contributed by atoms with Crippen molar-refractivity contribution in [3.8, 4) is 0 Å². The number of sulfonamides is 1. The molecule has 0 radical (unpaired) electrons. The van der Waals surface area contributed by atoms with Gasteiger partial charge in [0.1, 0.15) is 6.04 Å². The van der Waals surface area contributed by atoms with Crippen LogP contribution >= 0.6 is 0 Å². The van der Waals surface area contributed by atoms with E-state index in [0.717, 1.165) is 15.1 Å². The second-order valence-corrected chi connectivity index (χ2v) is 9.63. The van der Waals surface area contributed by atoms with Crippen molar-refractivity contribution < 1.29 is 23.1 Å². The Kier molecular flexibility index (Phi) is 5.96. The van der Waals surface area contributed by atoms with Gasteiger partial charge in [0, 0.05) is 31.3 Å². The Morgan fingerprint density at radius 1 is 0.938 bits per heavy atom. The third-order valence-corrected chi connectivity index (χ3v) is 7.21. The van der Waals surface area contributed by atoms with Gasteiger partial charge in [0.15, 0.2) is 0 Å². The van der Waals surface area contributed by atoms with Crippen molar-refractivity contribution in [1.29, 1.82) is 0 Å². The summed E-state index contributed by atoms with van der Waals surface area (Å²) in [6.07, 6.45) is -0.939. The van der Waals surface area contributed by atoms with Gasteiger partial charge in [0.2, 0.25) is 21.8 Å². The average molecular weight is 454 g/mol. The minimum atomic E-state index is -4.00. The molecule has 32 heavy (non-hydrogen) atoms. The summed E-state index contributed by atoms with van der Waals surface area (Å²) in [4.78, 5) is 24.1. The molecule has 9 heteroatoms. The van der Waals surface area contributed by atoms with Gasteiger partial charge >= 0.3 is 0 Å². The van der Waals surface area contributed by atoms with E-state index in [1.807, 2.05) is 24.3 Å². The number of amides is 2. The zero-order chi connectivity index (χ0) is 22.9. The third-order valence-electron chi connectivity index (χ3n) is 5.34. The van der Waals surface area contributed by atoms with Crippen LogP contribution in [0.15, 0.2) is 71.6 Å². The Morgan fingerprint density at radius 3 is 2.22 bits per heavy atom. The number of hydrogen-bond donors (Lipinski definition) is 3. The largest absolute Gasteiger partial charge is 0.392 e. The molecule has 1 heterocycles. The van der Waals surface area contributed by atoms with Crippen LogP contribution in [0.25, 0.3) is 10.8 Å². The van der Waals surface area contributed by atoms with Crippen molar-refractivity contribution in [2.75, 3.05) is 17.2 Å². The predicted octanol–water partition coefficient (Wildman–Crippen LogP) is 2.56. The zero-order valence-electron chi connectivity index (χ0n) is 17.4. The van der Waals surface area contributed by atoms with E-state index in [4.69, 9.17) is 0 Å². The maximum absolute atomic E-state index is 13.3. The molecular weight excluding hydrogens is 430 g/mol. The van der Waals surface area contributed by atoms with Crippen molar-refractivity contribution in [3.05, 3.63) is 66.7 Å². The quantitative estimate of drug-likeness (QED) is 0.549.